The van der Waals surface area contributed by atoms with E-state index >= 15 is 0 Å². The lowest BCUT2D eigenvalue weighted by Crippen LogP contribution is -2.33. The fourth-order valence-electron chi connectivity index (χ4n) is 2.72. The van der Waals surface area contributed by atoms with Crippen molar-refractivity contribution >= 4 is 11.0 Å². The zero-order chi connectivity index (χ0) is 14.5. The van der Waals surface area contributed by atoms with E-state index in [1.807, 2.05) is 12.1 Å². The summed E-state index contributed by atoms with van der Waals surface area (Å²) in [6.45, 7) is 4.32. The number of hydrazine groups is 1. The largest absolute Gasteiger partial charge is 0.456 e. The standard InChI is InChI=1S/C16H23FN2O/c1-3-5-7-11(4-2)15(19-18)14-10-12-8-6-9-13(17)16(12)20-14/h6,8-11,15,19H,3-5,7,18H2,1-2H3. The normalized spacial score (nSPS) is 14.6. The molecule has 20 heavy (non-hydrogen) atoms. The van der Waals surface area contributed by atoms with Gasteiger partial charge in [-0.05, 0) is 24.5 Å². The smallest absolute Gasteiger partial charge is 0.169 e. The van der Waals surface area contributed by atoms with E-state index in [1.54, 1.807) is 6.07 Å². The van der Waals surface area contributed by atoms with Crippen LogP contribution in [0.5, 0.6) is 0 Å². The first-order chi connectivity index (χ1) is 9.71. The summed E-state index contributed by atoms with van der Waals surface area (Å²) in [6.07, 6.45) is 4.41. The highest BCUT2D eigenvalue weighted by Crippen LogP contribution is 2.32. The third-order valence-electron chi connectivity index (χ3n) is 3.93. The van der Waals surface area contributed by atoms with E-state index in [0.717, 1.165) is 36.8 Å². The van der Waals surface area contributed by atoms with Crippen LogP contribution in [0.4, 0.5) is 4.39 Å². The van der Waals surface area contributed by atoms with Crippen LogP contribution in [0.1, 0.15) is 51.3 Å². The fourth-order valence-corrected chi connectivity index (χ4v) is 2.72. The van der Waals surface area contributed by atoms with E-state index in [2.05, 4.69) is 19.3 Å². The van der Waals surface area contributed by atoms with E-state index < -0.39 is 0 Å². The lowest BCUT2D eigenvalue weighted by molar-refractivity contribution is 0.289. The fraction of sp³-hybridized carbons (Fsp3) is 0.500. The Kier molecular flexibility index (Phi) is 5.15. The molecule has 0 aliphatic carbocycles. The van der Waals surface area contributed by atoms with E-state index in [-0.39, 0.29) is 11.9 Å². The number of para-hydroxylation sites is 1. The first-order valence-corrected chi connectivity index (χ1v) is 7.35. The Bertz CT molecular complexity index is 552. The first kappa shape index (κ1) is 15.0. The maximum Gasteiger partial charge on any atom is 0.169 e. The highest BCUT2D eigenvalue weighted by atomic mass is 19.1. The molecular formula is C16H23FN2O. The summed E-state index contributed by atoms with van der Waals surface area (Å²) in [6, 6.07) is 6.77. The molecule has 2 rings (SSSR count). The van der Waals surface area contributed by atoms with Gasteiger partial charge in [-0.15, -0.1) is 0 Å². The summed E-state index contributed by atoms with van der Waals surface area (Å²) in [5, 5.41) is 0.783. The second-order valence-corrected chi connectivity index (χ2v) is 5.26. The van der Waals surface area contributed by atoms with Gasteiger partial charge in [0.1, 0.15) is 5.76 Å². The molecule has 0 fully saturated rings. The zero-order valence-electron chi connectivity index (χ0n) is 12.2. The minimum Gasteiger partial charge on any atom is -0.456 e. The minimum absolute atomic E-state index is 0.0710. The van der Waals surface area contributed by atoms with Crippen molar-refractivity contribution in [3.8, 4) is 0 Å². The summed E-state index contributed by atoms with van der Waals surface area (Å²) in [5.74, 6) is 6.49. The monoisotopic (exact) mass is 278 g/mol. The van der Waals surface area contributed by atoms with Crippen molar-refractivity contribution in [3.05, 3.63) is 35.8 Å². The van der Waals surface area contributed by atoms with E-state index in [4.69, 9.17) is 10.3 Å². The summed E-state index contributed by atoms with van der Waals surface area (Å²) in [7, 11) is 0. The Labute approximate surface area is 119 Å². The number of halogens is 1. The molecule has 110 valence electrons. The van der Waals surface area contributed by atoms with Gasteiger partial charge >= 0.3 is 0 Å². The number of fused-ring (bicyclic) bond motifs is 1. The number of hydrogen-bond donors (Lipinski definition) is 2. The predicted octanol–water partition coefficient (Wildman–Crippen LogP) is 4.29. The summed E-state index contributed by atoms with van der Waals surface area (Å²) < 4.78 is 19.4. The molecule has 0 amide bonds. The molecule has 2 aromatic rings. The molecule has 0 saturated carbocycles. The molecule has 1 aromatic carbocycles. The van der Waals surface area contributed by atoms with Crippen LogP contribution in [0.15, 0.2) is 28.7 Å². The van der Waals surface area contributed by atoms with Gasteiger partial charge in [0.15, 0.2) is 11.4 Å². The van der Waals surface area contributed by atoms with E-state index in [9.17, 15) is 4.39 Å². The van der Waals surface area contributed by atoms with Crippen molar-refractivity contribution in [2.75, 3.05) is 0 Å². The molecule has 0 aliphatic rings. The molecule has 3 nitrogen and oxygen atoms in total. The Morgan fingerprint density at radius 3 is 2.75 bits per heavy atom. The average Bonchev–Trinajstić information content (AvgIpc) is 2.88. The molecule has 0 saturated heterocycles. The predicted molar refractivity (Wildman–Crippen MR) is 79.5 cm³/mol. The van der Waals surface area contributed by atoms with Crippen LogP contribution in [0.25, 0.3) is 11.0 Å². The maximum atomic E-state index is 13.7. The summed E-state index contributed by atoms with van der Waals surface area (Å²) >= 11 is 0. The topological polar surface area (TPSA) is 51.2 Å². The van der Waals surface area contributed by atoms with Crippen molar-refractivity contribution in [2.24, 2.45) is 11.8 Å². The van der Waals surface area contributed by atoms with Gasteiger partial charge in [0, 0.05) is 5.39 Å². The Hall–Kier alpha value is -1.39. The van der Waals surface area contributed by atoms with E-state index in [1.165, 1.54) is 6.07 Å². The maximum absolute atomic E-state index is 13.7. The Morgan fingerprint density at radius 1 is 1.35 bits per heavy atom. The second kappa shape index (κ2) is 6.86. The number of benzene rings is 1. The number of nitrogens with one attached hydrogen (secondary N) is 1. The van der Waals surface area contributed by atoms with Gasteiger partial charge in [-0.1, -0.05) is 45.2 Å². The van der Waals surface area contributed by atoms with Crippen LogP contribution in [-0.4, -0.2) is 0 Å². The van der Waals surface area contributed by atoms with Gasteiger partial charge < -0.3 is 4.42 Å². The SMILES string of the molecule is CCCCC(CC)C(NN)c1cc2cccc(F)c2o1. The number of unbranched alkanes of at least 4 members (excludes halogenated alkanes) is 1. The van der Waals surface area contributed by atoms with Crippen LogP contribution < -0.4 is 11.3 Å². The molecular weight excluding hydrogens is 255 g/mol. The van der Waals surface area contributed by atoms with Gasteiger partial charge in [0.2, 0.25) is 0 Å². The van der Waals surface area contributed by atoms with Crippen LogP contribution >= 0.6 is 0 Å². The third-order valence-corrected chi connectivity index (χ3v) is 3.93. The molecule has 2 unspecified atom stereocenters. The third kappa shape index (κ3) is 3.02. The van der Waals surface area contributed by atoms with Crippen LogP contribution in [-0.2, 0) is 0 Å². The average molecular weight is 278 g/mol. The lowest BCUT2D eigenvalue weighted by atomic mass is 9.90. The second-order valence-electron chi connectivity index (χ2n) is 5.26. The van der Waals surface area contributed by atoms with Crippen molar-refractivity contribution in [1.29, 1.82) is 0 Å². The van der Waals surface area contributed by atoms with Gasteiger partial charge in [-0.2, -0.15) is 0 Å². The van der Waals surface area contributed by atoms with Crippen LogP contribution in [0.3, 0.4) is 0 Å². The van der Waals surface area contributed by atoms with Crippen molar-refractivity contribution in [2.45, 2.75) is 45.6 Å². The minimum atomic E-state index is -0.328. The number of hydrogen-bond acceptors (Lipinski definition) is 3. The first-order valence-electron chi connectivity index (χ1n) is 7.35. The number of furan rings is 1. The quantitative estimate of drug-likeness (QED) is 0.586. The molecule has 0 radical (unpaired) electrons. The highest BCUT2D eigenvalue weighted by Gasteiger charge is 2.24. The number of rotatable bonds is 7. The van der Waals surface area contributed by atoms with Crippen molar-refractivity contribution in [3.63, 3.8) is 0 Å². The lowest BCUT2D eigenvalue weighted by Gasteiger charge is -2.23. The van der Waals surface area contributed by atoms with Crippen molar-refractivity contribution < 1.29 is 8.81 Å². The van der Waals surface area contributed by atoms with Gasteiger partial charge in [0.25, 0.3) is 0 Å². The number of nitrogens with two attached hydrogens (primary N) is 1. The molecule has 0 aliphatic heterocycles. The molecule has 0 spiro atoms. The van der Waals surface area contributed by atoms with Crippen LogP contribution in [0, 0.1) is 11.7 Å². The van der Waals surface area contributed by atoms with Crippen molar-refractivity contribution in [1.82, 2.24) is 5.43 Å². The summed E-state index contributed by atoms with van der Waals surface area (Å²) in [4.78, 5) is 0. The highest BCUT2D eigenvalue weighted by molar-refractivity contribution is 5.78. The van der Waals surface area contributed by atoms with Gasteiger partial charge in [-0.25, -0.2) is 9.82 Å². The summed E-state index contributed by atoms with van der Waals surface area (Å²) in [5.41, 5.74) is 3.16. The molecule has 1 heterocycles. The van der Waals surface area contributed by atoms with Gasteiger partial charge in [-0.3, -0.25) is 5.84 Å². The van der Waals surface area contributed by atoms with Crippen LogP contribution in [0.2, 0.25) is 0 Å². The van der Waals surface area contributed by atoms with Gasteiger partial charge in [0.05, 0.1) is 6.04 Å². The molecule has 0 bridgehead atoms. The molecule has 4 heteroatoms. The molecule has 2 atom stereocenters. The molecule has 3 N–H and O–H groups in total. The Morgan fingerprint density at radius 2 is 2.15 bits per heavy atom. The van der Waals surface area contributed by atoms with E-state index in [0.29, 0.717) is 11.5 Å². The Balaban J connectivity index is 2.30. The molecule has 1 aromatic heterocycles. The zero-order valence-corrected chi connectivity index (χ0v) is 12.2.